The fourth-order valence-corrected chi connectivity index (χ4v) is 14.4. The summed E-state index contributed by atoms with van der Waals surface area (Å²) in [4.78, 5) is 126. The molecule has 0 aliphatic carbocycles. The molecule has 22 N–H and O–H groups in total. The lowest BCUT2D eigenvalue weighted by Gasteiger charge is -2.47. The molecule has 2 fully saturated rings. The summed E-state index contributed by atoms with van der Waals surface area (Å²) in [7, 11) is 1.48. The molecule has 11 unspecified atom stereocenters. The van der Waals surface area contributed by atoms with Gasteiger partial charge in [0.05, 0.1) is 40.8 Å². The summed E-state index contributed by atoms with van der Waals surface area (Å²) in [5, 5.41) is 122. The Hall–Kier alpha value is -9.93. The zero-order valence-electron chi connectivity index (χ0n) is 57.9. The van der Waals surface area contributed by atoms with Crippen LogP contribution in [-0.2, 0) is 52.6 Å². The Labute approximate surface area is 628 Å². The molecule has 6 aromatic rings. The molecule has 35 nitrogen and oxygen atoms in total. The number of fused-ring (bicyclic) bond motifs is 15. The van der Waals surface area contributed by atoms with Crippen molar-refractivity contribution in [1.29, 1.82) is 0 Å². The number of rotatable bonds is 15. The van der Waals surface area contributed by atoms with Gasteiger partial charge in [0.25, 0.3) is 0 Å². The molecule has 11 bridgehead atoms. The van der Waals surface area contributed by atoms with Crippen LogP contribution in [0.3, 0.4) is 0 Å². The minimum atomic E-state index is -2.35. The van der Waals surface area contributed by atoms with Crippen molar-refractivity contribution in [2.45, 2.75) is 161 Å². The summed E-state index contributed by atoms with van der Waals surface area (Å²) in [6, 6.07) is 0.881. The molecule has 1 aromatic heterocycles. The number of ether oxygens (including phenoxy) is 6. The van der Waals surface area contributed by atoms with Crippen LogP contribution in [0.4, 0.5) is 5.82 Å². The maximum atomic E-state index is 16.2. The Morgan fingerprint density at radius 2 is 1.37 bits per heavy atom. The average Bonchev–Trinajstić information content (AvgIpc) is 0.767. The van der Waals surface area contributed by atoms with Crippen molar-refractivity contribution in [2.24, 2.45) is 17.4 Å². The van der Waals surface area contributed by atoms with Crippen LogP contribution < -0.4 is 68.6 Å². The Morgan fingerprint density at radius 1 is 0.741 bits per heavy atom. The first-order valence-electron chi connectivity index (χ1n) is 33.6. The van der Waals surface area contributed by atoms with Gasteiger partial charge in [-0.1, -0.05) is 67.0 Å². The summed E-state index contributed by atoms with van der Waals surface area (Å²) in [6.07, 6.45) is -16.8. The number of nitrogens with zero attached hydrogens (tertiary/aromatic N) is 2. The summed E-state index contributed by atoms with van der Waals surface area (Å²) in [5.74, 6) is -16.1. The number of carbonyl (C=O) groups is 8. The average molecular weight is 1560 g/mol. The number of nitrogen functional groups attached to an aromatic ring is 1. The number of phenols is 3. The number of aliphatic hydroxyl groups is 5. The molecule has 8 heterocycles. The topological polar surface area (TPSA) is 562 Å². The molecule has 5 aromatic carbocycles. The smallest absolute Gasteiger partial charge is 0.330 e. The molecule has 13 rings (SSSR count). The Morgan fingerprint density at radius 3 is 1.98 bits per heavy atom. The number of nitrogens with one attached hydrogen (secondary N) is 7. The quantitative estimate of drug-likeness (QED) is 0.0508. The number of aliphatic hydroxyl groups excluding tert-OH is 5. The highest BCUT2D eigenvalue weighted by atomic mass is 35.5. The number of carbonyl (C=O) groups excluding carboxylic acids is 7. The van der Waals surface area contributed by atoms with E-state index in [-0.39, 0.29) is 68.7 Å². The molecule has 18 atom stereocenters. The van der Waals surface area contributed by atoms with E-state index >= 15 is 14.4 Å². The Bertz CT molecular complexity index is 4510. The van der Waals surface area contributed by atoms with Crippen LogP contribution in [0.5, 0.6) is 46.0 Å². The van der Waals surface area contributed by atoms with Gasteiger partial charge in [0.2, 0.25) is 53.4 Å². The summed E-state index contributed by atoms with van der Waals surface area (Å²) in [6.45, 7) is 6.67. The number of likely N-dealkylation sites (N-methyl/N-ethyl adjacent to an activating group) is 1. The van der Waals surface area contributed by atoms with E-state index < -0.39 is 225 Å². The van der Waals surface area contributed by atoms with Crippen molar-refractivity contribution >= 4 is 88.1 Å². The number of carboxylic acids is 1. The Kier molecular flexibility index (Phi) is 23.8. The number of aromatic hydroxyl groups is 3. The fourth-order valence-electron chi connectivity index (χ4n) is 13.1. The van der Waals surface area contributed by atoms with Crippen LogP contribution in [0.15, 0.2) is 96.3 Å². The second kappa shape index (κ2) is 32.5. The molecule has 108 heavy (non-hydrogen) atoms. The van der Waals surface area contributed by atoms with Crippen LogP contribution in [0.2, 0.25) is 10.0 Å². The zero-order chi connectivity index (χ0) is 78.2. The van der Waals surface area contributed by atoms with Crippen LogP contribution in [0, 0.1) is 5.92 Å². The molecule has 0 spiro atoms. The molecule has 2 saturated heterocycles. The van der Waals surface area contributed by atoms with Crippen molar-refractivity contribution in [3.05, 3.63) is 129 Å². The minimum Gasteiger partial charge on any atom is -0.508 e. The number of anilines is 1. The van der Waals surface area contributed by atoms with Gasteiger partial charge in [-0.15, -0.1) is 0 Å². The zero-order valence-corrected chi connectivity index (χ0v) is 60.2. The molecule has 0 saturated carbocycles. The summed E-state index contributed by atoms with van der Waals surface area (Å²) < 4.78 is 39.5. The van der Waals surface area contributed by atoms with Crippen molar-refractivity contribution in [3.63, 3.8) is 0 Å². The first kappa shape index (κ1) is 79.1. The lowest BCUT2D eigenvalue weighted by molar-refractivity contribution is -0.329. The standard InChI is InChI=1S/C70H78Cl2N12O23S/c1-25(2)14-36(76-5)61(94)83-52-54(89)28-7-10-40(34(71)16-28)103-42-18-30-19-43(58(42)107-68-59(106-47-23-70(4,75)60(93)26(3)102-47)57(92)56(91)44(105-68)24-108-69-77-13-12-45(73)79-69)104-41-11-8-29(17-35(41)72)55(90)53-66(99)82-51(67(100)101)33-20-31(85)21-39(87)48(33)32-15-27(6-9-38(32)86)49(63(96)84-53)81-64(97)50(30)80-62(95)37(22-46(74)88)78-65(52)98/h6-13,15-21,25-26,36-37,44,47,49-57,59-60,68,76,85-87,89-93H,14,22-24,75H2,1-5H3,(H2,74,88)(H,78,98)(H,80,95)(H,81,97)(H,82,99)(H,83,94)(H,84,96)(H,100,101)(H2,73,77,79)/t26?,36-,37-,44?,47?,49?,50?,51+,52+,53-,54+,55+,56?,57?,59?,60?,68?,70?/m0/s1. The second-order valence-corrected chi connectivity index (χ2v) is 28.9. The molecule has 7 amide bonds. The minimum absolute atomic E-state index is 0.0818. The number of amides is 7. The number of hydrogen-bond donors (Lipinski definition) is 19. The predicted octanol–water partition coefficient (Wildman–Crippen LogP) is 1.28. The van der Waals surface area contributed by atoms with Gasteiger partial charge in [-0.2, -0.15) is 0 Å². The largest absolute Gasteiger partial charge is 0.508 e. The number of phenolic OH excluding ortho intramolecular Hbond substituents is 3. The van der Waals surface area contributed by atoms with E-state index in [9.17, 15) is 69.9 Å². The van der Waals surface area contributed by atoms with Crippen LogP contribution in [0.25, 0.3) is 11.1 Å². The molecule has 38 heteroatoms. The highest BCUT2D eigenvalue weighted by molar-refractivity contribution is 7.99. The van der Waals surface area contributed by atoms with Crippen molar-refractivity contribution in [1.82, 2.24) is 47.2 Å². The first-order chi connectivity index (χ1) is 51.1. The number of primary amides is 1. The maximum absolute atomic E-state index is 16.2. The normalized spacial score (nSPS) is 28.3. The molecule has 7 aliphatic heterocycles. The van der Waals surface area contributed by atoms with E-state index in [2.05, 4.69) is 47.2 Å². The third kappa shape index (κ3) is 17.1. The van der Waals surface area contributed by atoms with Crippen LogP contribution >= 0.6 is 35.0 Å². The predicted molar refractivity (Wildman–Crippen MR) is 379 cm³/mol. The van der Waals surface area contributed by atoms with Gasteiger partial charge in [0, 0.05) is 46.7 Å². The van der Waals surface area contributed by atoms with Crippen LogP contribution in [-0.4, -0.2) is 195 Å². The second-order valence-electron chi connectivity index (χ2n) is 27.1. The number of carboxylic acid groups (broad SMARTS) is 1. The van der Waals surface area contributed by atoms with E-state index in [0.717, 1.165) is 78.5 Å². The molecular formula is C70H78Cl2N12O23S. The highest BCUT2D eigenvalue weighted by Crippen LogP contribution is 2.50. The third-order valence-electron chi connectivity index (χ3n) is 18.6. The van der Waals surface area contributed by atoms with Gasteiger partial charge in [-0.3, -0.25) is 33.6 Å². The maximum Gasteiger partial charge on any atom is 0.330 e. The van der Waals surface area contributed by atoms with E-state index in [1.165, 1.54) is 45.3 Å². The lowest BCUT2D eigenvalue weighted by Crippen LogP contribution is -2.64. The van der Waals surface area contributed by atoms with E-state index in [1.54, 1.807) is 0 Å². The molecule has 7 aliphatic rings. The number of halogens is 2. The molecule has 0 radical (unpaired) electrons. The van der Waals surface area contributed by atoms with Crippen molar-refractivity contribution in [2.75, 3.05) is 18.5 Å². The van der Waals surface area contributed by atoms with E-state index in [0.29, 0.717) is 0 Å². The number of benzene rings is 5. The monoisotopic (exact) mass is 1560 g/mol. The van der Waals surface area contributed by atoms with E-state index in [4.69, 9.17) is 68.8 Å². The van der Waals surface area contributed by atoms with Gasteiger partial charge in [-0.25, -0.2) is 14.8 Å². The number of thioether (sulfide) groups is 1. The van der Waals surface area contributed by atoms with Gasteiger partial charge < -0.3 is 129 Å². The van der Waals surface area contributed by atoms with Gasteiger partial charge in [0.1, 0.15) is 89.2 Å². The van der Waals surface area contributed by atoms with Gasteiger partial charge in [0.15, 0.2) is 35.1 Å². The highest BCUT2D eigenvalue weighted by Gasteiger charge is 2.52. The number of aliphatic carboxylic acids is 1. The fraction of sp³-hybridized carbons (Fsp3) is 0.400. The third-order valence-corrected chi connectivity index (χ3v) is 20.2. The van der Waals surface area contributed by atoms with E-state index in [1.807, 2.05) is 13.8 Å². The first-order valence-corrected chi connectivity index (χ1v) is 35.4. The van der Waals surface area contributed by atoms with Crippen molar-refractivity contribution in [3.8, 4) is 57.1 Å². The molecule has 576 valence electrons. The molecular weight excluding hydrogens is 1480 g/mol. The number of hydrogen-bond acceptors (Lipinski definition) is 28. The van der Waals surface area contributed by atoms with Crippen molar-refractivity contribution < 1.29 is 113 Å². The SMILES string of the molecule is CN[C@@H](CC(C)C)C(=O)N[C@H]1C(=O)N[C@@H](CC(N)=O)C(=O)NC2C(=O)NC3C(=O)N[C@H](C(=O)N[C@@H](C(=O)O)c4cc(O)cc(O)c4-c4cc3ccc4O)[C@H](O)c3ccc(c(Cl)c3)Oc3cc2cc(c3OC2OC(CSc3nccc(N)n3)C(O)C(O)C2OC2CC(C)(N)C(O)C(C)O2)Oc2ccc(cc2Cl)[C@H]1O. The van der Waals surface area contributed by atoms with Crippen LogP contribution in [0.1, 0.15) is 105 Å². The lowest BCUT2D eigenvalue weighted by atomic mass is 9.86. The van der Waals surface area contributed by atoms with Gasteiger partial charge in [-0.05, 0) is 116 Å². The number of aromatic nitrogens is 2. The summed E-state index contributed by atoms with van der Waals surface area (Å²) >= 11 is 15.2. The van der Waals surface area contributed by atoms with Gasteiger partial charge >= 0.3 is 5.97 Å². The summed E-state index contributed by atoms with van der Waals surface area (Å²) in [5.41, 5.74) is 14.1. The number of nitrogens with two attached hydrogens (primary N) is 3. The Balaban J connectivity index is 1.16.